The maximum atomic E-state index is 5.05. The second kappa shape index (κ2) is 6.69. The molecule has 0 saturated heterocycles. The van der Waals surface area contributed by atoms with Crippen molar-refractivity contribution >= 4 is 0 Å². The van der Waals surface area contributed by atoms with Gasteiger partial charge in [-0.1, -0.05) is 26.2 Å². The van der Waals surface area contributed by atoms with Crippen molar-refractivity contribution in [2.75, 3.05) is 13.7 Å². The van der Waals surface area contributed by atoms with Crippen LogP contribution in [0.3, 0.4) is 0 Å². The van der Waals surface area contributed by atoms with Gasteiger partial charge in [0.1, 0.15) is 0 Å². The standard InChI is InChI=1S/C14H23N3O/c1-3-9-15-13(10-11-5-4-6-11)12-7-8-14(18-2)17-16-12/h7-8,11,13,15H,3-6,9-10H2,1-2H3. The SMILES string of the molecule is CCCNC(CC1CCC1)c1ccc(OC)nn1. The van der Waals surface area contributed by atoms with Crippen LogP contribution in [0, 0.1) is 5.92 Å². The quantitative estimate of drug-likeness (QED) is 0.807. The zero-order valence-electron chi connectivity index (χ0n) is 11.4. The first-order valence-electron chi connectivity index (χ1n) is 6.94. The smallest absolute Gasteiger partial charge is 0.233 e. The van der Waals surface area contributed by atoms with E-state index in [1.54, 1.807) is 7.11 Å². The van der Waals surface area contributed by atoms with Crippen LogP contribution in [0.25, 0.3) is 0 Å². The zero-order chi connectivity index (χ0) is 12.8. The molecule has 0 spiro atoms. The maximum Gasteiger partial charge on any atom is 0.233 e. The lowest BCUT2D eigenvalue weighted by atomic mass is 9.80. The second-order valence-corrected chi connectivity index (χ2v) is 5.04. The van der Waals surface area contributed by atoms with E-state index < -0.39 is 0 Å². The monoisotopic (exact) mass is 249 g/mol. The van der Waals surface area contributed by atoms with E-state index in [1.165, 1.54) is 25.7 Å². The lowest BCUT2D eigenvalue weighted by Gasteiger charge is -2.29. The van der Waals surface area contributed by atoms with Crippen molar-refractivity contribution in [2.24, 2.45) is 5.92 Å². The van der Waals surface area contributed by atoms with Crippen molar-refractivity contribution in [1.82, 2.24) is 15.5 Å². The molecule has 4 nitrogen and oxygen atoms in total. The Morgan fingerprint density at radius 2 is 2.22 bits per heavy atom. The summed E-state index contributed by atoms with van der Waals surface area (Å²) in [7, 11) is 1.62. The molecule has 1 N–H and O–H groups in total. The molecule has 1 aliphatic carbocycles. The number of nitrogens with zero attached hydrogens (tertiary/aromatic N) is 2. The molecule has 1 atom stereocenters. The Balaban J connectivity index is 2.00. The Morgan fingerprint density at radius 1 is 1.39 bits per heavy atom. The summed E-state index contributed by atoms with van der Waals surface area (Å²) in [6.07, 6.45) is 6.45. The summed E-state index contributed by atoms with van der Waals surface area (Å²) >= 11 is 0. The Morgan fingerprint density at radius 3 is 2.72 bits per heavy atom. The Hall–Kier alpha value is -1.16. The van der Waals surface area contributed by atoms with Gasteiger partial charge in [0.05, 0.1) is 18.8 Å². The molecular formula is C14H23N3O. The summed E-state index contributed by atoms with van der Waals surface area (Å²) < 4.78 is 5.05. The highest BCUT2D eigenvalue weighted by molar-refractivity contribution is 5.14. The van der Waals surface area contributed by atoms with Crippen LogP contribution in [0.5, 0.6) is 5.88 Å². The maximum absolute atomic E-state index is 5.05. The number of nitrogens with one attached hydrogen (secondary N) is 1. The van der Waals surface area contributed by atoms with Crippen molar-refractivity contribution < 1.29 is 4.74 Å². The van der Waals surface area contributed by atoms with E-state index in [2.05, 4.69) is 22.4 Å². The number of ether oxygens (including phenoxy) is 1. The summed E-state index contributed by atoms with van der Waals surface area (Å²) in [5.41, 5.74) is 1.04. The first-order valence-corrected chi connectivity index (χ1v) is 6.94. The van der Waals surface area contributed by atoms with Crippen LogP contribution >= 0.6 is 0 Å². The van der Waals surface area contributed by atoms with Crippen molar-refractivity contribution in [3.63, 3.8) is 0 Å². The summed E-state index contributed by atoms with van der Waals surface area (Å²) in [5.74, 6) is 1.44. The van der Waals surface area contributed by atoms with E-state index >= 15 is 0 Å². The molecule has 1 aromatic heterocycles. The minimum Gasteiger partial charge on any atom is -0.480 e. The van der Waals surface area contributed by atoms with E-state index in [4.69, 9.17) is 4.74 Å². The van der Waals surface area contributed by atoms with Gasteiger partial charge >= 0.3 is 0 Å². The van der Waals surface area contributed by atoms with Gasteiger partial charge in [0, 0.05) is 6.07 Å². The average Bonchev–Trinajstić information content (AvgIpc) is 2.37. The van der Waals surface area contributed by atoms with Gasteiger partial charge in [-0.2, -0.15) is 5.10 Å². The lowest BCUT2D eigenvalue weighted by molar-refractivity contribution is 0.258. The van der Waals surface area contributed by atoms with E-state index in [0.717, 1.165) is 24.6 Å². The molecule has 0 radical (unpaired) electrons. The number of hydrogen-bond acceptors (Lipinski definition) is 4. The normalized spacial score (nSPS) is 17.2. The predicted molar refractivity (Wildman–Crippen MR) is 71.6 cm³/mol. The van der Waals surface area contributed by atoms with E-state index in [-0.39, 0.29) is 0 Å². The molecule has 1 aromatic rings. The van der Waals surface area contributed by atoms with Crippen LogP contribution in [-0.2, 0) is 0 Å². The van der Waals surface area contributed by atoms with Crippen molar-refractivity contribution in [3.8, 4) is 5.88 Å². The molecule has 1 saturated carbocycles. The Labute approximate surface area is 109 Å². The molecule has 18 heavy (non-hydrogen) atoms. The first kappa shape index (κ1) is 13.3. The Bertz CT molecular complexity index is 349. The molecule has 1 unspecified atom stereocenters. The van der Waals surface area contributed by atoms with Gasteiger partial charge in [-0.3, -0.25) is 0 Å². The topological polar surface area (TPSA) is 47.0 Å². The zero-order valence-corrected chi connectivity index (χ0v) is 11.4. The van der Waals surface area contributed by atoms with E-state index in [0.29, 0.717) is 11.9 Å². The molecule has 1 heterocycles. The van der Waals surface area contributed by atoms with Crippen molar-refractivity contribution in [2.45, 2.75) is 45.1 Å². The molecular weight excluding hydrogens is 226 g/mol. The summed E-state index contributed by atoms with van der Waals surface area (Å²) in [6, 6.07) is 4.26. The lowest BCUT2D eigenvalue weighted by Crippen LogP contribution is -2.27. The largest absolute Gasteiger partial charge is 0.480 e. The second-order valence-electron chi connectivity index (χ2n) is 5.04. The first-order chi connectivity index (χ1) is 8.83. The molecule has 100 valence electrons. The van der Waals surface area contributed by atoms with Crippen LogP contribution in [0.4, 0.5) is 0 Å². The third-order valence-corrected chi connectivity index (χ3v) is 3.66. The van der Waals surface area contributed by atoms with Crippen LogP contribution in [-0.4, -0.2) is 23.9 Å². The highest BCUT2D eigenvalue weighted by Crippen LogP contribution is 2.34. The van der Waals surface area contributed by atoms with E-state index in [1.807, 2.05) is 12.1 Å². The highest BCUT2D eigenvalue weighted by Gasteiger charge is 2.23. The minimum absolute atomic E-state index is 0.341. The third kappa shape index (κ3) is 3.42. The van der Waals surface area contributed by atoms with Crippen LogP contribution in [0.2, 0.25) is 0 Å². The molecule has 0 aliphatic heterocycles. The van der Waals surface area contributed by atoms with Crippen molar-refractivity contribution in [1.29, 1.82) is 0 Å². The molecule has 2 rings (SSSR count). The van der Waals surface area contributed by atoms with Gasteiger partial charge in [-0.15, -0.1) is 5.10 Å². The van der Waals surface area contributed by atoms with Crippen LogP contribution < -0.4 is 10.1 Å². The van der Waals surface area contributed by atoms with Gasteiger partial charge in [0.25, 0.3) is 0 Å². The molecule has 1 aliphatic rings. The predicted octanol–water partition coefficient (Wildman–Crippen LogP) is 2.72. The number of methoxy groups -OCH3 is 1. The van der Waals surface area contributed by atoms with Gasteiger partial charge in [-0.05, 0) is 31.4 Å². The molecule has 4 heteroatoms. The van der Waals surface area contributed by atoms with Gasteiger partial charge in [0.2, 0.25) is 5.88 Å². The minimum atomic E-state index is 0.341. The van der Waals surface area contributed by atoms with Gasteiger partial charge in [0.15, 0.2) is 0 Å². The van der Waals surface area contributed by atoms with Crippen molar-refractivity contribution in [3.05, 3.63) is 17.8 Å². The third-order valence-electron chi connectivity index (χ3n) is 3.66. The fraction of sp³-hybridized carbons (Fsp3) is 0.714. The number of hydrogen-bond donors (Lipinski definition) is 1. The fourth-order valence-electron chi connectivity index (χ4n) is 2.31. The van der Waals surface area contributed by atoms with Gasteiger partial charge in [-0.25, -0.2) is 0 Å². The fourth-order valence-corrected chi connectivity index (χ4v) is 2.31. The van der Waals surface area contributed by atoms with Crippen LogP contribution in [0.15, 0.2) is 12.1 Å². The van der Waals surface area contributed by atoms with Crippen LogP contribution in [0.1, 0.15) is 50.8 Å². The van der Waals surface area contributed by atoms with E-state index in [9.17, 15) is 0 Å². The molecule has 0 amide bonds. The molecule has 0 bridgehead atoms. The molecule has 0 aromatic carbocycles. The average molecular weight is 249 g/mol. The summed E-state index contributed by atoms with van der Waals surface area (Å²) in [5, 5.41) is 11.9. The summed E-state index contributed by atoms with van der Waals surface area (Å²) in [4.78, 5) is 0. The van der Waals surface area contributed by atoms with Gasteiger partial charge < -0.3 is 10.1 Å². The summed E-state index contributed by atoms with van der Waals surface area (Å²) in [6.45, 7) is 3.22. The number of rotatable bonds is 7. The number of aromatic nitrogens is 2. The highest BCUT2D eigenvalue weighted by atomic mass is 16.5. The Kier molecular flexibility index (Phi) is 4.93. The molecule has 1 fully saturated rings.